The summed E-state index contributed by atoms with van der Waals surface area (Å²) in [5, 5.41) is 0. The molecule has 0 spiro atoms. The fourth-order valence-electron chi connectivity index (χ4n) is 5.74. The molecule has 3 heterocycles. The number of nitrogens with zero attached hydrogens (tertiary/aromatic N) is 4. The minimum Gasteiger partial charge on any atom is -0.436 e. The van der Waals surface area contributed by atoms with E-state index >= 15 is 0 Å². The van der Waals surface area contributed by atoms with Crippen LogP contribution in [0.5, 0.6) is 0 Å². The monoisotopic (exact) mass is 596 g/mol. The van der Waals surface area contributed by atoms with Gasteiger partial charge in [0.2, 0.25) is 17.7 Å². The summed E-state index contributed by atoms with van der Waals surface area (Å²) < 4.78 is 18.3. The highest BCUT2D eigenvalue weighted by molar-refractivity contribution is 5.84. The van der Waals surface area contributed by atoms with E-state index in [4.69, 9.17) is 23.2 Å². The first-order valence-corrected chi connectivity index (χ1v) is 14.9. The number of para-hydroxylation sites is 6. The molecule has 0 unspecified atom stereocenters. The maximum absolute atomic E-state index is 6.13. The number of aromatic nitrogens is 3. The lowest BCUT2D eigenvalue weighted by molar-refractivity contribution is 0.619. The summed E-state index contributed by atoms with van der Waals surface area (Å²) in [6.45, 7) is 0. The number of oxazole rings is 3. The van der Waals surface area contributed by atoms with Crippen molar-refractivity contribution in [1.29, 1.82) is 0 Å². The highest BCUT2D eigenvalue weighted by atomic mass is 16.4. The third-order valence-corrected chi connectivity index (χ3v) is 7.96. The first-order valence-electron chi connectivity index (χ1n) is 14.9. The normalized spacial score (nSPS) is 11.5. The molecule has 0 radical (unpaired) electrons. The standard InChI is InChI=1S/C39H24N4O3/c1-4-16-34-31(13-1)40-37(44-34)25-19-21-28(22-20-25)43(29-11-7-9-26(23-29)38-41-32-14-2-5-17-35(32)45-38)30-12-8-10-27(24-30)39-42-33-15-3-6-18-36(33)46-39/h1-24H. The fraction of sp³-hybridized carbons (Fsp3) is 0. The molecule has 218 valence electrons. The van der Waals surface area contributed by atoms with Crippen molar-refractivity contribution >= 4 is 50.4 Å². The van der Waals surface area contributed by atoms with Crippen molar-refractivity contribution in [2.45, 2.75) is 0 Å². The van der Waals surface area contributed by atoms with Crippen molar-refractivity contribution < 1.29 is 13.3 Å². The quantitative estimate of drug-likeness (QED) is 0.189. The van der Waals surface area contributed by atoms with Crippen molar-refractivity contribution in [2.24, 2.45) is 0 Å². The molecule has 0 saturated heterocycles. The summed E-state index contributed by atoms with van der Waals surface area (Å²) in [7, 11) is 0. The Labute approximate surface area is 263 Å². The highest BCUT2D eigenvalue weighted by Crippen LogP contribution is 2.39. The van der Waals surface area contributed by atoms with E-state index in [-0.39, 0.29) is 0 Å². The van der Waals surface area contributed by atoms with Crippen molar-refractivity contribution in [3.8, 4) is 34.4 Å². The zero-order valence-electron chi connectivity index (χ0n) is 24.4. The Morgan fingerprint density at radius 2 is 0.761 bits per heavy atom. The predicted octanol–water partition coefficient (Wildman–Crippen LogP) is 10.6. The van der Waals surface area contributed by atoms with Crippen LogP contribution < -0.4 is 4.90 Å². The zero-order chi connectivity index (χ0) is 30.5. The molecule has 3 aromatic heterocycles. The topological polar surface area (TPSA) is 81.3 Å². The van der Waals surface area contributed by atoms with E-state index in [1.54, 1.807) is 0 Å². The minimum atomic E-state index is 0.564. The van der Waals surface area contributed by atoms with Gasteiger partial charge in [0.05, 0.1) is 0 Å². The second kappa shape index (κ2) is 10.6. The van der Waals surface area contributed by atoms with E-state index in [0.717, 1.165) is 67.1 Å². The van der Waals surface area contributed by atoms with Crippen molar-refractivity contribution in [2.75, 3.05) is 4.90 Å². The highest BCUT2D eigenvalue weighted by Gasteiger charge is 2.18. The summed E-state index contributed by atoms with van der Waals surface area (Å²) >= 11 is 0. The average Bonchev–Trinajstić information content (AvgIpc) is 3.86. The van der Waals surface area contributed by atoms with E-state index < -0.39 is 0 Å². The molecule has 0 aliphatic rings. The van der Waals surface area contributed by atoms with E-state index in [2.05, 4.69) is 46.3 Å². The van der Waals surface area contributed by atoms with Crippen LogP contribution in [-0.2, 0) is 0 Å². The smallest absolute Gasteiger partial charge is 0.227 e. The van der Waals surface area contributed by atoms with Crippen molar-refractivity contribution in [3.63, 3.8) is 0 Å². The van der Waals surface area contributed by atoms with E-state index in [0.29, 0.717) is 17.7 Å². The minimum absolute atomic E-state index is 0.564. The third-order valence-electron chi connectivity index (χ3n) is 7.96. The fourth-order valence-corrected chi connectivity index (χ4v) is 5.74. The Hall–Kier alpha value is -6.47. The molecule has 7 heteroatoms. The second-order valence-corrected chi connectivity index (χ2v) is 10.9. The second-order valence-electron chi connectivity index (χ2n) is 10.9. The number of hydrogen-bond donors (Lipinski definition) is 0. The molecule has 9 aromatic rings. The number of fused-ring (bicyclic) bond motifs is 3. The Kier molecular flexibility index (Phi) is 5.99. The van der Waals surface area contributed by atoms with Crippen LogP contribution in [-0.4, -0.2) is 15.0 Å². The van der Waals surface area contributed by atoms with Gasteiger partial charge in [-0.1, -0.05) is 48.5 Å². The summed E-state index contributed by atoms with van der Waals surface area (Å²) in [5.41, 5.74) is 10.2. The average molecular weight is 597 g/mol. The van der Waals surface area contributed by atoms with Gasteiger partial charge in [-0.25, -0.2) is 15.0 Å². The summed E-state index contributed by atoms with van der Waals surface area (Å²) in [6, 6.07) is 48.0. The van der Waals surface area contributed by atoms with Crippen LogP contribution in [0.15, 0.2) is 159 Å². The molecule has 46 heavy (non-hydrogen) atoms. The lowest BCUT2D eigenvalue weighted by atomic mass is 10.1. The molecule has 6 aromatic carbocycles. The number of benzene rings is 6. The van der Waals surface area contributed by atoms with Crippen LogP contribution >= 0.6 is 0 Å². The van der Waals surface area contributed by atoms with Crippen LogP contribution in [0.2, 0.25) is 0 Å². The van der Waals surface area contributed by atoms with Gasteiger partial charge in [0.1, 0.15) is 16.6 Å². The first-order chi connectivity index (χ1) is 22.7. The largest absolute Gasteiger partial charge is 0.436 e. The molecule has 0 bridgehead atoms. The Morgan fingerprint density at radius 3 is 1.20 bits per heavy atom. The van der Waals surface area contributed by atoms with Gasteiger partial charge in [0, 0.05) is 33.8 Å². The maximum atomic E-state index is 6.13. The van der Waals surface area contributed by atoms with E-state index in [1.165, 1.54) is 0 Å². The molecule has 0 aliphatic carbocycles. The Balaban J connectivity index is 1.16. The summed E-state index contributed by atoms with van der Waals surface area (Å²) in [4.78, 5) is 16.4. The maximum Gasteiger partial charge on any atom is 0.227 e. The number of anilines is 3. The van der Waals surface area contributed by atoms with Crippen LogP contribution in [0, 0.1) is 0 Å². The van der Waals surface area contributed by atoms with Crippen LogP contribution in [0.4, 0.5) is 17.1 Å². The third kappa shape index (κ3) is 4.58. The van der Waals surface area contributed by atoms with Gasteiger partial charge in [-0.15, -0.1) is 0 Å². The molecular weight excluding hydrogens is 572 g/mol. The summed E-state index contributed by atoms with van der Waals surface area (Å²) in [5.74, 6) is 1.71. The van der Waals surface area contributed by atoms with E-state index in [9.17, 15) is 0 Å². The predicted molar refractivity (Wildman–Crippen MR) is 180 cm³/mol. The molecule has 0 N–H and O–H groups in total. The van der Waals surface area contributed by atoms with Crippen LogP contribution in [0.25, 0.3) is 67.7 Å². The van der Waals surface area contributed by atoms with Crippen LogP contribution in [0.1, 0.15) is 0 Å². The SMILES string of the molecule is c1cc(-c2nc3ccccc3o2)cc(N(c2ccc(-c3nc4ccccc4o3)cc2)c2cccc(-c3nc4ccccc4o3)c2)c1. The molecule has 0 amide bonds. The lowest BCUT2D eigenvalue weighted by Crippen LogP contribution is -2.10. The molecular formula is C39H24N4O3. The van der Waals surface area contributed by atoms with E-state index in [1.807, 2.05) is 109 Å². The Morgan fingerprint density at radius 1 is 0.348 bits per heavy atom. The molecule has 0 atom stereocenters. The number of rotatable bonds is 6. The van der Waals surface area contributed by atoms with Gasteiger partial charge in [0.25, 0.3) is 0 Å². The molecule has 0 saturated carbocycles. The van der Waals surface area contributed by atoms with Gasteiger partial charge in [0.15, 0.2) is 16.7 Å². The molecule has 9 rings (SSSR count). The molecule has 0 fully saturated rings. The number of hydrogen-bond acceptors (Lipinski definition) is 7. The van der Waals surface area contributed by atoms with Gasteiger partial charge in [-0.2, -0.15) is 0 Å². The Bertz CT molecular complexity index is 2290. The molecule has 7 nitrogen and oxygen atoms in total. The lowest BCUT2D eigenvalue weighted by Gasteiger charge is -2.26. The zero-order valence-corrected chi connectivity index (χ0v) is 24.4. The van der Waals surface area contributed by atoms with Crippen molar-refractivity contribution in [1.82, 2.24) is 15.0 Å². The van der Waals surface area contributed by atoms with Gasteiger partial charge in [-0.3, -0.25) is 0 Å². The summed E-state index contributed by atoms with van der Waals surface area (Å²) in [6.07, 6.45) is 0. The first kappa shape index (κ1) is 26.0. The van der Waals surface area contributed by atoms with Gasteiger partial charge in [-0.05, 0) is 97.1 Å². The molecule has 0 aliphatic heterocycles. The van der Waals surface area contributed by atoms with Crippen LogP contribution in [0.3, 0.4) is 0 Å². The van der Waals surface area contributed by atoms with Gasteiger partial charge < -0.3 is 18.2 Å². The van der Waals surface area contributed by atoms with Crippen molar-refractivity contribution in [3.05, 3.63) is 146 Å². The van der Waals surface area contributed by atoms with Gasteiger partial charge >= 0.3 is 0 Å².